The van der Waals surface area contributed by atoms with Gasteiger partial charge in [-0.2, -0.15) is 0 Å². The van der Waals surface area contributed by atoms with Gasteiger partial charge in [0, 0.05) is 37.4 Å². The lowest BCUT2D eigenvalue weighted by atomic mass is 9.84. The van der Waals surface area contributed by atoms with E-state index in [1.807, 2.05) is 33.0 Å². The van der Waals surface area contributed by atoms with Crippen molar-refractivity contribution in [2.75, 3.05) is 11.6 Å². The van der Waals surface area contributed by atoms with Gasteiger partial charge < -0.3 is 14.8 Å². The molecule has 1 atom stereocenters. The van der Waals surface area contributed by atoms with Gasteiger partial charge in [-0.1, -0.05) is 6.92 Å². The maximum atomic E-state index is 12.5. The van der Waals surface area contributed by atoms with Gasteiger partial charge in [0.25, 0.3) is 0 Å². The number of sulfone groups is 1. The number of esters is 1. The van der Waals surface area contributed by atoms with E-state index in [0.717, 1.165) is 22.8 Å². The van der Waals surface area contributed by atoms with Crippen LogP contribution in [0.1, 0.15) is 74.0 Å². The summed E-state index contributed by atoms with van der Waals surface area (Å²) in [5.74, 6) is 1.97. The van der Waals surface area contributed by atoms with Crippen LogP contribution in [0, 0.1) is 5.92 Å². The van der Waals surface area contributed by atoms with E-state index in [9.17, 15) is 13.2 Å². The van der Waals surface area contributed by atoms with Crippen molar-refractivity contribution < 1.29 is 22.7 Å². The molecule has 200 valence electrons. The third-order valence-corrected chi connectivity index (χ3v) is 9.76. The zero-order valence-corrected chi connectivity index (χ0v) is 22.8. The van der Waals surface area contributed by atoms with Crippen molar-refractivity contribution in [2.24, 2.45) is 5.92 Å². The molecule has 1 N–H and O–H groups in total. The van der Waals surface area contributed by atoms with Crippen LogP contribution in [0.2, 0.25) is 0 Å². The topological polar surface area (TPSA) is 120 Å². The number of rotatable bonds is 7. The van der Waals surface area contributed by atoms with Gasteiger partial charge in [-0.15, -0.1) is 0 Å². The van der Waals surface area contributed by atoms with E-state index in [4.69, 9.17) is 14.5 Å². The van der Waals surface area contributed by atoms with Crippen molar-refractivity contribution in [3.63, 3.8) is 0 Å². The molecule has 2 saturated carbocycles. The molecule has 2 aliphatic carbocycles. The Bertz CT molecular complexity index is 1540. The number of carbonyl (C=O) groups excluding carboxylic acids is 1. The Morgan fingerprint density at radius 3 is 2.58 bits per heavy atom. The third kappa shape index (κ3) is 4.70. The normalized spacial score (nSPS) is 24.3. The number of cyclic esters (lactones) is 1. The molecular formula is C28H32N4O5S. The van der Waals surface area contributed by atoms with Crippen LogP contribution in [0.5, 0.6) is 5.88 Å². The lowest BCUT2D eigenvalue weighted by Crippen LogP contribution is -2.42. The highest BCUT2D eigenvalue weighted by Gasteiger charge is 2.40. The molecule has 6 rings (SSSR count). The first kappa shape index (κ1) is 25.0. The van der Waals surface area contributed by atoms with Gasteiger partial charge in [-0.05, 0) is 68.2 Å². The Morgan fingerprint density at radius 2 is 1.87 bits per heavy atom. The lowest BCUT2D eigenvalue weighted by Gasteiger charge is -2.36. The monoisotopic (exact) mass is 536 g/mol. The van der Waals surface area contributed by atoms with E-state index in [2.05, 4.69) is 15.3 Å². The molecule has 0 spiro atoms. The molecule has 0 aromatic carbocycles. The Morgan fingerprint density at radius 1 is 1.11 bits per heavy atom. The first-order valence-corrected chi connectivity index (χ1v) is 15.1. The average Bonchev–Trinajstić information content (AvgIpc) is 3.64. The van der Waals surface area contributed by atoms with Crippen LogP contribution in [0.4, 0.5) is 11.6 Å². The minimum atomic E-state index is -3.05. The summed E-state index contributed by atoms with van der Waals surface area (Å²) in [5.41, 5.74) is 1.70. The largest absolute Gasteiger partial charge is 0.474 e. The third-order valence-electron chi connectivity index (χ3n) is 8.17. The maximum Gasteiger partial charge on any atom is 0.340 e. The van der Waals surface area contributed by atoms with Crippen molar-refractivity contribution in [2.45, 2.75) is 75.7 Å². The van der Waals surface area contributed by atoms with Crippen LogP contribution < -0.4 is 10.1 Å². The van der Waals surface area contributed by atoms with Gasteiger partial charge in [0.15, 0.2) is 9.84 Å². The molecular weight excluding hydrogens is 504 g/mol. The highest BCUT2D eigenvalue weighted by atomic mass is 32.2. The summed E-state index contributed by atoms with van der Waals surface area (Å²) in [6, 6.07) is 5.50. The fourth-order valence-corrected chi connectivity index (χ4v) is 6.26. The SMILES string of the molecule is CC1c2nc(Nc3cc4c(CC5CC5)cnc(OC5CC(S(C)(=O)=O)C5)c4cn3)ccc2C(=O)OC1(C)C. The summed E-state index contributed by atoms with van der Waals surface area (Å²) >= 11 is 0. The standard InChI is InChI=1S/C28H32N4O5S/c1-15-25-20(27(33)37-28(15,2)3)7-8-23(32-25)31-24-12-21-17(9-16-5-6-16)13-30-26(22(21)14-29-24)36-18-10-19(11-18)38(4,34)35/h7-8,12-16,18-19H,5-6,9-11H2,1-4H3,(H,29,31,32). The van der Waals surface area contributed by atoms with Crippen molar-refractivity contribution in [3.8, 4) is 5.88 Å². The minimum absolute atomic E-state index is 0.0637. The number of nitrogens with one attached hydrogen (secondary N) is 1. The minimum Gasteiger partial charge on any atom is -0.474 e. The summed E-state index contributed by atoms with van der Waals surface area (Å²) < 4.78 is 35.3. The van der Waals surface area contributed by atoms with E-state index in [0.29, 0.717) is 47.5 Å². The van der Waals surface area contributed by atoms with E-state index < -0.39 is 15.4 Å². The molecule has 3 aliphatic rings. The Labute approximate surface area is 222 Å². The van der Waals surface area contributed by atoms with Crippen LogP contribution >= 0.6 is 0 Å². The molecule has 9 nitrogen and oxygen atoms in total. The molecule has 4 heterocycles. The molecule has 38 heavy (non-hydrogen) atoms. The number of ether oxygens (including phenoxy) is 2. The number of hydrogen-bond donors (Lipinski definition) is 1. The van der Waals surface area contributed by atoms with Gasteiger partial charge in [0.2, 0.25) is 5.88 Å². The zero-order chi connectivity index (χ0) is 26.8. The number of hydrogen-bond acceptors (Lipinski definition) is 9. The number of fused-ring (bicyclic) bond motifs is 2. The van der Waals surface area contributed by atoms with Crippen molar-refractivity contribution in [3.05, 3.63) is 47.4 Å². The second-order valence-corrected chi connectivity index (χ2v) is 13.8. The van der Waals surface area contributed by atoms with Crippen LogP contribution in [0.25, 0.3) is 10.8 Å². The fourth-order valence-electron chi connectivity index (χ4n) is 5.14. The molecule has 3 aromatic rings. The molecule has 0 amide bonds. The van der Waals surface area contributed by atoms with Gasteiger partial charge >= 0.3 is 5.97 Å². The second-order valence-electron chi connectivity index (χ2n) is 11.5. The molecule has 0 bridgehead atoms. The molecule has 2 fully saturated rings. The summed E-state index contributed by atoms with van der Waals surface area (Å²) in [6.45, 7) is 5.80. The molecule has 1 unspecified atom stereocenters. The fraction of sp³-hybridized carbons (Fsp3) is 0.500. The number of aromatic nitrogens is 3. The first-order valence-electron chi connectivity index (χ1n) is 13.1. The number of carbonyl (C=O) groups is 1. The van der Waals surface area contributed by atoms with E-state index in [-0.39, 0.29) is 23.2 Å². The molecule has 3 aromatic heterocycles. The summed E-state index contributed by atoms with van der Waals surface area (Å²) in [6.07, 6.45) is 9.08. The Balaban J connectivity index is 1.29. The Hall–Kier alpha value is -3.27. The van der Waals surface area contributed by atoms with Crippen LogP contribution in [-0.4, -0.2) is 52.5 Å². The van der Waals surface area contributed by atoms with Crippen LogP contribution in [0.3, 0.4) is 0 Å². The molecule has 0 radical (unpaired) electrons. The van der Waals surface area contributed by atoms with E-state index in [1.165, 1.54) is 19.1 Å². The number of nitrogens with zero attached hydrogens (tertiary/aromatic N) is 3. The quantitative estimate of drug-likeness (QED) is 0.427. The zero-order valence-electron chi connectivity index (χ0n) is 22.0. The van der Waals surface area contributed by atoms with Crippen LogP contribution in [0.15, 0.2) is 30.6 Å². The predicted molar refractivity (Wildman–Crippen MR) is 144 cm³/mol. The van der Waals surface area contributed by atoms with E-state index in [1.54, 1.807) is 18.3 Å². The Kier molecular flexibility index (Phi) is 5.86. The predicted octanol–water partition coefficient (Wildman–Crippen LogP) is 4.73. The lowest BCUT2D eigenvalue weighted by molar-refractivity contribution is -0.0189. The highest BCUT2D eigenvalue weighted by Crippen LogP contribution is 2.40. The van der Waals surface area contributed by atoms with Gasteiger partial charge in [-0.25, -0.2) is 28.2 Å². The van der Waals surface area contributed by atoms with Crippen molar-refractivity contribution >= 4 is 38.2 Å². The summed E-state index contributed by atoms with van der Waals surface area (Å²) in [4.78, 5) is 26.4. The van der Waals surface area contributed by atoms with Gasteiger partial charge in [-0.3, -0.25) is 0 Å². The van der Waals surface area contributed by atoms with Crippen molar-refractivity contribution in [1.82, 2.24) is 15.0 Å². The first-order chi connectivity index (χ1) is 18.0. The number of pyridine rings is 3. The smallest absolute Gasteiger partial charge is 0.340 e. The van der Waals surface area contributed by atoms with Gasteiger partial charge in [0.05, 0.1) is 21.9 Å². The molecule has 10 heteroatoms. The molecule has 0 saturated heterocycles. The number of anilines is 2. The maximum absolute atomic E-state index is 12.5. The summed E-state index contributed by atoms with van der Waals surface area (Å²) in [7, 11) is -3.05. The second kappa shape index (κ2) is 8.90. The van der Waals surface area contributed by atoms with E-state index >= 15 is 0 Å². The highest BCUT2D eigenvalue weighted by molar-refractivity contribution is 7.91. The van der Waals surface area contributed by atoms with Crippen LogP contribution in [-0.2, 0) is 21.0 Å². The molecule has 1 aliphatic heterocycles. The summed E-state index contributed by atoms with van der Waals surface area (Å²) in [5, 5.41) is 4.78. The average molecular weight is 537 g/mol. The van der Waals surface area contributed by atoms with Gasteiger partial charge in [0.1, 0.15) is 23.3 Å². The van der Waals surface area contributed by atoms with Crippen molar-refractivity contribution in [1.29, 1.82) is 0 Å².